The lowest BCUT2D eigenvalue weighted by molar-refractivity contribution is 0.0702. The summed E-state index contributed by atoms with van der Waals surface area (Å²) in [5.41, 5.74) is 0. The maximum absolute atomic E-state index is 5.79. The van der Waals surface area contributed by atoms with Crippen molar-refractivity contribution in [2.45, 2.75) is 66.0 Å². The number of hydrogen-bond donors (Lipinski definition) is 1. The van der Waals surface area contributed by atoms with Gasteiger partial charge in [0, 0.05) is 6.61 Å². The van der Waals surface area contributed by atoms with Crippen molar-refractivity contribution in [2.75, 3.05) is 13.2 Å². The Bertz CT molecular complexity index is 335. The van der Waals surface area contributed by atoms with Gasteiger partial charge >= 0.3 is 0 Å². The van der Waals surface area contributed by atoms with Crippen LogP contribution in [0.5, 0.6) is 0 Å². The quantitative estimate of drug-likeness (QED) is 0.572. The minimum absolute atomic E-state index is 0.594. The molecule has 20 heavy (non-hydrogen) atoms. The molecule has 0 bridgehead atoms. The van der Waals surface area contributed by atoms with Crippen LogP contribution in [0.25, 0.3) is 0 Å². The number of hydrogen-bond acceptors (Lipinski definition) is 3. The van der Waals surface area contributed by atoms with Crippen LogP contribution < -0.4 is 5.32 Å². The summed E-state index contributed by atoms with van der Waals surface area (Å²) in [6.07, 6.45) is 6.19. The predicted octanol–water partition coefficient (Wildman–Crippen LogP) is 4.51. The summed E-state index contributed by atoms with van der Waals surface area (Å²) < 4.78 is 11.5. The molecule has 1 N–H and O–H groups in total. The van der Waals surface area contributed by atoms with E-state index in [1.54, 1.807) is 0 Å². The highest BCUT2D eigenvalue weighted by Crippen LogP contribution is 2.15. The summed E-state index contributed by atoms with van der Waals surface area (Å²) in [7, 11) is 0. The Morgan fingerprint density at radius 2 is 1.95 bits per heavy atom. The first kappa shape index (κ1) is 17.3. The van der Waals surface area contributed by atoms with Gasteiger partial charge in [-0.15, -0.1) is 0 Å². The van der Waals surface area contributed by atoms with Crippen LogP contribution in [-0.2, 0) is 17.9 Å². The summed E-state index contributed by atoms with van der Waals surface area (Å²) in [5.74, 6) is 2.62. The molecule has 0 aliphatic heterocycles. The molecule has 1 rings (SSSR count). The van der Waals surface area contributed by atoms with Crippen molar-refractivity contribution in [3.63, 3.8) is 0 Å². The van der Waals surface area contributed by atoms with E-state index in [4.69, 9.17) is 9.15 Å². The molecular weight excluding hydrogens is 250 g/mol. The van der Waals surface area contributed by atoms with Crippen LogP contribution in [0.2, 0.25) is 0 Å². The Morgan fingerprint density at radius 3 is 2.65 bits per heavy atom. The average molecular weight is 281 g/mol. The lowest BCUT2D eigenvalue weighted by Gasteiger charge is -2.13. The second kappa shape index (κ2) is 10.9. The molecule has 1 aromatic rings. The zero-order valence-corrected chi connectivity index (χ0v) is 13.4. The average Bonchev–Trinajstić information content (AvgIpc) is 2.91. The van der Waals surface area contributed by atoms with Gasteiger partial charge in [0.05, 0.1) is 6.54 Å². The van der Waals surface area contributed by atoms with Crippen molar-refractivity contribution in [3.8, 4) is 0 Å². The van der Waals surface area contributed by atoms with Crippen LogP contribution in [0.15, 0.2) is 16.5 Å². The van der Waals surface area contributed by atoms with Gasteiger partial charge in [0.25, 0.3) is 0 Å². The molecule has 3 heteroatoms. The lowest BCUT2D eigenvalue weighted by atomic mass is 10.0. The predicted molar refractivity (Wildman–Crippen MR) is 83.7 cm³/mol. The summed E-state index contributed by atoms with van der Waals surface area (Å²) in [6, 6.07) is 4.06. The van der Waals surface area contributed by atoms with Gasteiger partial charge in [-0.05, 0) is 37.4 Å². The summed E-state index contributed by atoms with van der Waals surface area (Å²) in [5, 5.41) is 3.34. The van der Waals surface area contributed by atoms with E-state index in [0.29, 0.717) is 12.5 Å². The molecule has 3 nitrogen and oxygen atoms in total. The largest absolute Gasteiger partial charge is 0.462 e. The fraction of sp³-hybridized carbons (Fsp3) is 0.765. The molecule has 0 fully saturated rings. The number of furan rings is 1. The second-order valence-electron chi connectivity index (χ2n) is 5.48. The highest BCUT2D eigenvalue weighted by atomic mass is 16.5. The van der Waals surface area contributed by atoms with Crippen molar-refractivity contribution in [2.24, 2.45) is 5.92 Å². The fourth-order valence-electron chi connectivity index (χ4n) is 2.21. The van der Waals surface area contributed by atoms with E-state index in [-0.39, 0.29) is 0 Å². The molecule has 0 spiro atoms. The maximum Gasteiger partial charge on any atom is 0.129 e. The minimum Gasteiger partial charge on any atom is -0.462 e. The minimum atomic E-state index is 0.594. The first-order valence-corrected chi connectivity index (χ1v) is 8.16. The third-order valence-electron chi connectivity index (χ3n) is 3.58. The molecule has 0 saturated heterocycles. The summed E-state index contributed by atoms with van der Waals surface area (Å²) in [4.78, 5) is 0. The van der Waals surface area contributed by atoms with E-state index in [0.717, 1.165) is 37.6 Å². The van der Waals surface area contributed by atoms with E-state index < -0.39 is 0 Å². The van der Waals surface area contributed by atoms with Crippen molar-refractivity contribution in [3.05, 3.63) is 23.7 Å². The normalized spacial score (nSPS) is 12.8. The van der Waals surface area contributed by atoms with Gasteiger partial charge in [0.15, 0.2) is 0 Å². The van der Waals surface area contributed by atoms with Gasteiger partial charge in [0.1, 0.15) is 18.1 Å². The zero-order valence-electron chi connectivity index (χ0n) is 13.4. The van der Waals surface area contributed by atoms with Gasteiger partial charge in [-0.2, -0.15) is 0 Å². The third kappa shape index (κ3) is 7.11. The number of rotatable bonds is 12. The third-order valence-corrected chi connectivity index (χ3v) is 3.58. The SMILES string of the molecule is CCCCC(CC)COCc1ccc(CNCCC)o1. The van der Waals surface area contributed by atoms with E-state index in [9.17, 15) is 0 Å². The van der Waals surface area contributed by atoms with E-state index in [2.05, 4.69) is 26.1 Å². The molecule has 1 atom stereocenters. The van der Waals surface area contributed by atoms with Crippen LogP contribution in [0, 0.1) is 5.92 Å². The molecule has 1 aromatic heterocycles. The Morgan fingerprint density at radius 1 is 1.15 bits per heavy atom. The lowest BCUT2D eigenvalue weighted by Crippen LogP contribution is -2.13. The first-order chi connectivity index (χ1) is 9.80. The molecule has 0 aromatic carbocycles. The topological polar surface area (TPSA) is 34.4 Å². The van der Waals surface area contributed by atoms with Crippen molar-refractivity contribution >= 4 is 0 Å². The van der Waals surface area contributed by atoms with Crippen LogP contribution in [0.1, 0.15) is 64.4 Å². The van der Waals surface area contributed by atoms with E-state index in [1.165, 1.54) is 25.7 Å². The standard InChI is InChI=1S/C17H31NO2/c1-4-7-8-15(6-3)13-19-14-17-10-9-16(20-17)12-18-11-5-2/h9-10,15,18H,4-8,11-14H2,1-3H3. The van der Waals surface area contributed by atoms with Gasteiger partial charge in [-0.1, -0.05) is 40.0 Å². The van der Waals surface area contributed by atoms with Crippen LogP contribution in [-0.4, -0.2) is 13.2 Å². The monoisotopic (exact) mass is 281 g/mol. The number of unbranched alkanes of at least 4 members (excludes halogenated alkanes) is 1. The Labute approximate surface area is 124 Å². The van der Waals surface area contributed by atoms with Gasteiger partial charge in [-0.3, -0.25) is 0 Å². The molecule has 1 heterocycles. The van der Waals surface area contributed by atoms with Crippen LogP contribution in [0.3, 0.4) is 0 Å². The van der Waals surface area contributed by atoms with Gasteiger partial charge < -0.3 is 14.5 Å². The molecule has 0 aliphatic rings. The van der Waals surface area contributed by atoms with Crippen molar-refractivity contribution < 1.29 is 9.15 Å². The second-order valence-corrected chi connectivity index (χ2v) is 5.48. The molecule has 0 saturated carbocycles. The van der Waals surface area contributed by atoms with Gasteiger partial charge in [-0.25, -0.2) is 0 Å². The maximum atomic E-state index is 5.79. The highest BCUT2D eigenvalue weighted by Gasteiger charge is 2.07. The smallest absolute Gasteiger partial charge is 0.129 e. The summed E-state index contributed by atoms with van der Waals surface area (Å²) in [6.45, 7) is 9.93. The Balaban J connectivity index is 2.20. The molecule has 116 valence electrons. The van der Waals surface area contributed by atoms with E-state index >= 15 is 0 Å². The summed E-state index contributed by atoms with van der Waals surface area (Å²) >= 11 is 0. The van der Waals surface area contributed by atoms with Crippen molar-refractivity contribution in [1.82, 2.24) is 5.32 Å². The first-order valence-electron chi connectivity index (χ1n) is 8.16. The molecular formula is C17H31NO2. The number of nitrogens with one attached hydrogen (secondary N) is 1. The molecule has 1 unspecified atom stereocenters. The zero-order chi connectivity index (χ0) is 14.6. The fourth-order valence-corrected chi connectivity index (χ4v) is 2.21. The highest BCUT2D eigenvalue weighted by molar-refractivity contribution is 5.06. The number of ether oxygens (including phenoxy) is 1. The Kier molecular flexibility index (Phi) is 9.42. The van der Waals surface area contributed by atoms with Gasteiger partial charge in [0.2, 0.25) is 0 Å². The molecule has 0 amide bonds. The Hall–Kier alpha value is -0.800. The van der Waals surface area contributed by atoms with Crippen LogP contribution >= 0.6 is 0 Å². The van der Waals surface area contributed by atoms with Crippen LogP contribution in [0.4, 0.5) is 0 Å². The molecule has 0 aliphatic carbocycles. The molecule has 0 radical (unpaired) electrons. The van der Waals surface area contributed by atoms with E-state index in [1.807, 2.05) is 12.1 Å². The van der Waals surface area contributed by atoms with Crippen molar-refractivity contribution in [1.29, 1.82) is 0 Å².